The molecule has 0 saturated carbocycles. The monoisotopic (exact) mass is 433 g/mol. The third-order valence-electron chi connectivity index (χ3n) is 4.00. The predicted octanol–water partition coefficient (Wildman–Crippen LogP) is 3.52. The van der Waals surface area contributed by atoms with Crippen molar-refractivity contribution in [1.29, 1.82) is 0 Å². The maximum atomic E-state index is 12.2. The molecule has 0 saturated heterocycles. The summed E-state index contributed by atoms with van der Waals surface area (Å²) in [5.74, 6) is 1.14. The van der Waals surface area contributed by atoms with Crippen molar-refractivity contribution in [2.45, 2.75) is 24.5 Å². The molecular weight excluding hydrogens is 410 g/mol. The molecule has 1 N–H and O–H groups in total. The molecule has 29 heavy (non-hydrogen) atoms. The van der Waals surface area contributed by atoms with E-state index >= 15 is 0 Å². The third kappa shape index (κ3) is 5.75. The highest BCUT2D eigenvalue weighted by atomic mass is 32.2. The van der Waals surface area contributed by atoms with Crippen molar-refractivity contribution in [1.82, 2.24) is 14.9 Å². The lowest BCUT2D eigenvalue weighted by Crippen LogP contribution is -2.27. The number of ether oxygens (including phenoxy) is 2. The number of rotatable bonds is 10. The van der Waals surface area contributed by atoms with Crippen molar-refractivity contribution in [3.05, 3.63) is 53.4 Å². The van der Waals surface area contributed by atoms with E-state index in [9.17, 15) is 8.42 Å². The average Bonchev–Trinajstić information content (AvgIpc) is 3.23. The van der Waals surface area contributed by atoms with Gasteiger partial charge < -0.3 is 9.47 Å². The van der Waals surface area contributed by atoms with Gasteiger partial charge in [0.25, 0.3) is 0 Å². The first-order valence-electron chi connectivity index (χ1n) is 9.30. The van der Waals surface area contributed by atoms with E-state index in [4.69, 9.17) is 9.47 Å². The number of hydrogen-bond donors (Lipinski definition) is 1. The highest BCUT2D eigenvalue weighted by molar-refractivity contribution is 7.91. The Morgan fingerprint density at radius 1 is 0.966 bits per heavy atom. The van der Waals surface area contributed by atoms with Gasteiger partial charge in [-0.1, -0.05) is 6.92 Å². The van der Waals surface area contributed by atoms with E-state index in [1.165, 1.54) is 11.3 Å². The summed E-state index contributed by atoms with van der Waals surface area (Å²) in [4.78, 5) is 1.03. The van der Waals surface area contributed by atoms with Gasteiger partial charge in [0.05, 0.1) is 12.3 Å². The summed E-state index contributed by atoms with van der Waals surface area (Å²) in [6.45, 7) is 4.85. The van der Waals surface area contributed by atoms with Gasteiger partial charge in [0.1, 0.15) is 16.6 Å². The van der Waals surface area contributed by atoms with Crippen molar-refractivity contribution in [2.75, 3.05) is 19.8 Å². The maximum absolute atomic E-state index is 12.2. The zero-order valence-corrected chi connectivity index (χ0v) is 17.9. The number of nitrogens with zero attached hydrogens (tertiary/aromatic N) is 2. The highest BCUT2D eigenvalue weighted by Crippen LogP contribution is 2.22. The molecule has 7 nitrogen and oxygen atoms in total. The van der Waals surface area contributed by atoms with Gasteiger partial charge in [-0.15, -0.1) is 21.5 Å². The first-order chi connectivity index (χ1) is 14.0. The Morgan fingerprint density at radius 2 is 1.76 bits per heavy atom. The van der Waals surface area contributed by atoms with Gasteiger partial charge >= 0.3 is 0 Å². The fraction of sp³-hybridized carbons (Fsp3) is 0.300. The van der Waals surface area contributed by atoms with E-state index in [1.807, 2.05) is 44.2 Å². The van der Waals surface area contributed by atoms with Gasteiger partial charge in [-0.3, -0.25) is 0 Å². The SMILES string of the molecule is CCOc1ccc(-c2ccc(OCCNS(=O)(=O)c3ccc(CC)s3)nn2)cc1. The second-order valence-electron chi connectivity index (χ2n) is 6.03. The number of sulfonamides is 1. The van der Waals surface area contributed by atoms with Gasteiger partial charge in [-0.2, -0.15) is 0 Å². The molecule has 1 aromatic carbocycles. The van der Waals surface area contributed by atoms with Crippen LogP contribution in [-0.4, -0.2) is 38.4 Å². The zero-order chi connectivity index (χ0) is 20.7. The molecule has 0 fully saturated rings. The summed E-state index contributed by atoms with van der Waals surface area (Å²) in [6, 6.07) is 14.6. The van der Waals surface area contributed by atoms with Gasteiger partial charge in [0, 0.05) is 23.1 Å². The van der Waals surface area contributed by atoms with Crippen LogP contribution >= 0.6 is 11.3 Å². The van der Waals surface area contributed by atoms with Crippen molar-refractivity contribution in [2.24, 2.45) is 0 Å². The number of aromatic nitrogens is 2. The summed E-state index contributed by atoms with van der Waals surface area (Å²) in [6.07, 6.45) is 0.814. The fourth-order valence-corrected chi connectivity index (χ4v) is 4.89. The third-order valence-corrected chi connectivity index (χ3v) is 7.18. The number of benzene rings is 1. The minimum absolute atomic E-state index is 0.143. The van der Waals surface area contributed by atoms with Gasteiger partial charge in [0.15, 0.2) is 0 Å². The molecule has 2 heterocycles. The Hall–Kier alpha value is -2.49. The molecule has 0 radical (unpaired) electrons. The number of thiophene rings is 1. The lowest BCUT2D eigenvalue weighted by Gasteiger charge is -2.07. The van der Waals surface area contributed by atoms with Crippen molar-refractivity contribution in [3.8, 4) is 22.9 Å². The Bertz CT molecular complexity index is 1020. The van der Waals surface area contributed by atoms with Crippen LogP contribution in [0.3, 0.4) is 0 Å². The summed E-state index contributed by atoms with van der Waals surface area (Å²) in [5, 5.41) is 8.20. The van der Waals surface area contributed by atoms with Crippen LogP contribution in [0.1, 0.15) is 18.7 Å². The standard InChI is InChI=1S/C20H23N3O4S2/c1-3-17-9-12-20(28-17)29(24,25)21-13-14-27-19-11-10-18(22-23-19)15-5-7-16(8-6-15)26-4-2/h5-12,21H,3-4,13-14H2,1-2H3. The second-order valence-corrected chi connectivity index (χ2v) is 9.20. The molecule has 0 unspecified atom stereocenters. The smallest absolute Gasteiger partial charge is 0.250 e. The van der Waals surface area contributed by atoms with Crippen molar-refractivity contribution in [3.63, 3.8) is 0 Å². The van der Waals surface area contributed by atoms with E-state index in [2.05, 4.69) is 14.9 Å². The summed E-state index contributed by atoms with van der Waals surface area (Å²) >= 11 is 1.28. The van der Waals surface area contributed by atoms with Crippen molar-refractivity contribution >= 4 is 21.4 Å². The maximum Gasteiger partial charge on any atom is 0.250 e. The van der Waals surface area contributed by atoms with Crippen molar-refractivity contribution < 1.29 is 17.9 Å². The molecule has 0 spiro atoms. The summed E-state index contributed by atoms with van der Waals surface area (Å²) in [5.41, 5.74) is 1.63. The topological polar surface area (TPSA) is 90.4 Å². The lowest BCUT2D eigenvalue weighted by atomic mass is 10.1. The molecule has 0 bridgehead atoms. The lowest BCUT2D eigenvalue weighted by molar-refractivity contribution is 0.307. The van der Waals surface area contributed by atoms with Crippen LogP contribution in [0.15, 0.2) is 52.7 Å². The minimum Gasteiger partial charge on any atom is -0.494 e. The van der Waals surface area contributed by atoms with Crippen LogP contribution in [0.4, 0.5) is 0 Å². The molecule has 154 valence electrons. The molecule has 0 aliphatic heterocycles. The van der Waals surface area contributed by atoms with E-state index in [-0.39, 0.29) is 13.2 Å². The van der Waals surface area contributed by atoms with Crippen LogP contribution in [-0.2, 0) is 16.4 Å². The minimum atomic E-state index is -3.51. The Balaban J connectivity index is 1.50. The molecule has 0 atom stereocenters. The van der Waals surface area contributed by atoms with E-state index in [0.29, 0.717) is 22.4 Å². The van der Waals surface area contributed by atoms with E-state index < -0.39 is 10.0 Å². The first kappa shape index (κ1) is 21.2. The number of hydrogen-bond acceptors (Lipinski definition) is 7. The number of nitrogens with one attached hydrogen (secondary N) is 1. The molecule has 3 aromatic rings. The molecular formula is C20H23N3O4S2. The summed E-state index contributed by atoms with van der Waals surface area (Å²) < 4.78 is 38.3. The van der Waals surface area contributed by atoms with Crippen LogP contribution in [0.2, 0.25) is 0 Å². The van der Waals surface area contributed by atoms with Crippen LogP contribution < -0.4 is 14.2 Å². The van der Waals surface area contributed by atoms with Gasteiger partial charge in [-0.05, 0) is 55.8 Å². The second kappa shape index (κ2) is 9.82. The first-order valence-corrected chi connectivity index (χ1v) is 11.6. The Morgan fingerprint density at radius 3 is 2.38 bits per heavy atom. The van der Waals surface area contributed by atoms with Gasteiger partial charge in [0.2, 0.25) is 15.9 Å². The number of aryl methyl sites for hydroxylation is 1. The molecule has 0 amide bonds. The highest BCUT2D eigenvalue weighted by Gasteiger charge is 2.16. The average molecular weight is 434 g/mol. The van der Waals surface area contributed by atoms with E-state index in [1.54, 1.807) is 18.2 Å². The van der Waals surface area contributed by atoms with E-state index in [0.717, 1.165) is 22.6 Å². The normalized spacial score (nSPS) is 11.4. The fourth-order valence-electron chi connectivity index (χ4n) is 2.54. The molecule has 9 heteroatoms. The Kier molecular flexibility index (Phi) is 7.18. The van der Waals surface area contributed by atoms with Gasteiger partial charge in [-0.25, -0.2) is 13.1 Å². The predicted molar refractivity (Wildman–Crippen MR) is 113 cm³/mol. The molecule has 2 aromatic heterocycles. The quantitative estimate of drug-likeness (QED) is 0.492. The molecule has 0 aliphatic carbocycles. The molecule has 3 rings (SSSR count). The molecule has 0 aliphatic rings. The largest absolute Gasteiger partial charge is 0.494 e. The van der Waals surface area contributed by atoms with Crippen LogP contribution in [0.5, 0.6) is 11.6 Å². The summed E-state index contributed by atoms with van der Waals surface area (Å²) in [7, 11) is -3.51. The van der Waals surface area contributed by atoms with Crippen LogP contribution in [0.25, 0.3) is 11.3 Å². The van der Waals surface area contributed by atoms with Crippen LogP contribution in [0, 0.1) is 0 Å². The Labute approximate surface area is 174 Å². The zero-order valence-electron chi connectivity index (χ0n) is 16.3.